The number of pyridine rings is 1. The SMILES string of the molecule is CC(C)Oc1ccc(C(=O)Nc2ccc(C(C)C)cc2)cn1. The summed E-state index contributed by atoms with van der Waals surface area (Å²) >= 11 is 0. The number of amides is 1. The fourth-order valence-corrected chi connectivity index (χ4v) is 1.98. The van der Waals surface area contributed by atoms with E-state index in [0.29, 0.717) is 17.4 Å². The van der Waals surface area contributed by atoms with Gasteiger partial charge in [0.2, 0.25) is 5.88 Å². The maximum atomic E-state index is 12.2. The van der Waals surface area contributed by atoms with Crippen molar-refractivity contribution in [2.45, 2.75) is 39.7 Å². The Morgan fingerprint density at radius 3 is 2.23 bits per heavy atom. The van der Waals surface area contributed by atoms with Gasteiger partial charge in [-0.2, -0.15) is 0 Å². The van der Waals surface area contributed by atoms with Crippen LogP contribution in [-0.4, -0.2) is 17.0 Å². The molecule has 2 aromatic rings. The standard InChI is InChI=1S/C18H22N2O2/c1-12(2)14-5-8-16(9-6-14)20-18(21)15-7-10-17(19-11-15)22-13(3)4/h5-13H,1-4H3,(H,20,21). The summed E-state index contributed by atoms with van der Waals surface area (Å²) in [5.74, 6) is 0.816. The van der Waals surface area contributed by atoms with Crippen molar-refractivity contribution in [3.05, 3.63) is 53.7 Å². The van der Waals surface area contributed by atoms with E-state index in [9.17, 15) is 4.79 Å². The van der Waals surface area contributed by atoms with Crippen LogP contribution in [-0.2, 0) is 0 Å². The van der Waals surface area contributed by atoms with E-state index >= 15 is 0 Å². The Hall–Kier alpha value is -2.36. The van der Waals surface area contributed by atoms with Crippen LogP contribution in [0.1, 0.15) is 49.5 Å². The van der Waals surface area contributed by atoms with Gasteiger partial charge < -0.3 is 10.1 Å². The third-order valence-corrected chi connectivity index (χ3v) is 3.19. The van der Waals surface area contributed by atoms with E-state index in [-0.39, 0.29) is 12.0 Å². The minimum atomic E-state index is -0.180. The fourth-order valence-electron chi connectivity index (χ4n) is 1.98. The second kappa shape index (κ2) is 7.07. The third kappa shape index (κ3) is 4.32. The van der Waals surface area contributed by atoms with Crippen LogP contribution in [0.25, 0.3) is 0 Å². The number of benzene rings is 1. The lowest BCUT2D eigenvalue weighted by molar-refractivity contribution is 0.102. The van der Waals surface area contributed by atoms with Gasteiger partial charge in [-0.25, -0.2) is 4.98 Å². The highest BCUT2D eigenvalue weighted by atomic mass is 16.5. The van der Waals surface area contributed by atoms with Crippen molar-refractivity contribution in [1.29, 1.82) is 0 Å². The molecule has 0 spiro atoms. The van der Waals surface area contributed by atoms with Crippen LogP contribution in [0.4, 0.5) is 5.69 Å². The summed E-state index contributed by atoms with van der Waals surface area (Å²) in [5.41, 5.74) is 2.52. The first-order valence-electron chi connectivity index (χ1n) is 7.49. The number of rotatable bonds is 5. The van der Waals surface area contributed by atoms with Gasteiger partial charge in [0.25, 0.3) is 5.91 Å². The molecule has 116 valence electrons. The molecule has 0 saturated heterocycles. The quantitative estimate of drug-likeness (QED) is 0.898. The molecule has 0 atom stereocenters. The van der Waals surface area contributed by atoms with E-state index in [1.54, 1.807) is 12.1 Å². The highest BCUT2D eigenvalue weighted by Gasteiger charge is 2.08. The van der Waals surface area contributed by atoms with Gasteiger partial charge in [-0.05, 0) is 43.5 Å². The van der Waals surface area contributed by atoms with Gasteiger partial charge in [-0.1, -0.05) is 26.0 Å². The van der Waals surface area contributed by atoms with Crippen molar-refractivity contribution < 1.29 is 9.53 Å². The van der Waals surface area contributed by atoms with Crippen molar-refractivity contribution in [1.82, 2.24) is 4.98 Å². The molecule has 4 nitrogen and oxygen atoms in total. The number of hydrogen-bond donors (Lipinski definition) is 1. The Kier molecular flexibility index (Phi) is 5.15. The number of anilines is 1. The number of ether oxygens (including phenoxy) is 1. The lowest BCUT2D eigenvalue weighted by Crippen LogP contribution is -2.13. The molecule has 0 saturated carbocycles. The van der Waals surface area contributed by atoms with Gasteiger partial charge in [0.1, 0.15) is 0 Å². The summed E-state index contributed by atoms with van der Waals surface area (Å²) < 4.78 is 5.46. The molecule has 4 heteroatoms. The number of nitrogens with zero attached hydrogens (tertiary/aromatic N) is 1. The van der Waals surface area contributed by atoms with Gasteiger partial charge in [0.15, 0.2) is 0 Å². The summed E-state index contributed by atoms with van der Waals surface area (Å²) in [6, 6.07) is 11.3. The van der Waals surface area contributed by atoms with E-state index in [1.807, 2.05) is 38.1 Å². The van der Waals surface area contributed by atoms with Crippen LogP contribution in [0.5, 0.6) is 5.88 Å². The first-order valence-corrected chi connectivity index (χ1v) is 7.49. The second-order valence-electron chi connectivity index (χ2n) is 5.78. The molecule has 0 aliphatic carbocycles. The molecular formula is C18H22N2O2. The van der Waals surface area contributed by atoms with Crippen LogP contribution >= 0.6 is 0 Å². The summed E-state index contributed by atoms with van der Waals surface area (Å²) in [5, 5.41) is 2.86. The first-order chi connectivity index (χ1) is 10.5. The molecule has 1 amide bonds. The Morgan fingerprint density at radius 2 is 1.73 bits per heavy atom. The highest BCUT2D eigenvalue weighted by Crippen LogP contribution is 2.18. The zero-order valence-electron chi connectivity index (χ0n) is 13.5. The average Bonchev–Trinajstić information content (AvgIpc) is 2.48. The van der Waals surface area contributed by atoms with Gasteiger partial charge >= 0.3 is 0 Å². The van der Waals surface area contributed by atoms with Crippen LogP contribution in [0.2, 0.25) is 0 Å². The lowest BCUT2D eigenvalue weighted by Gasteiger charge is -2.10. The largest absolute Gasteiger partial charge is 0.475 e. The Labute approximate surface area is 131 Å². The Bertz CT molecular complexity index is 617. The van der Waals surface area contributed by atoms with Crippen LogP contribution in [0.15, 0.2) is 42.6 Å². The zero-order valence-corrected chi connectivity index (χ0v) is 13.5. The molecule has 1 heterocycles. The highest BCUT2D eigenvalue weighted by molar-refractivity contribution is 6.04. The van der Waals surface area contributed by atoms with Gasteiger partial charge in [-0.15, -0.1) is 0 Å². The molecular weight excluding hydrogens is 276 g/mol. The van der Waals surface area contributed by atoms with Gasteiger partial charge in [0.05, 0.1) is 11.7 Å². The monoisotopic (exact) mass is 298 g/mol. The summed E-state index contributed by atoms with van der Waals surface area (Å²) in [7, 11) is 0. The van der Waals surface area contributed by atoms with E-state index in [4.69, 9.17) is 4.74 Å². The molecule has 0 fully saturated rings. The minimum Gasteiger partial charge on any atom is -0.475 e. The van der Waals surface area contributed by atoms with E-state index in [1.165, 1.54) is 11.8 Å². The number of aromatic nitrogens is 1. The Balaban J connectivity index is 2.02. The summed E-state index contributed by atoms with van der Waals surface area (Å²) in [6.45, 7) is 8.15. The topological polar surface area (TPSA) is 51.2 Å². The zero-order chi connectivity index (χ0) is 16.1. The van der Waals surface area contributed by atoms with E-state index < -0.39 is 0 Å². The van der Waals surface area contributed by atoms with Crippen LogP contribution in [0, 0.1) is 0 Å². The molecule has 1 aromatic carbocycles. The molecule has 0 aliphatic heterocycles. The molecule has 1 N–H and O–H groups in total. The molecule has 0 aliphatic rings. The molecule has 0 bridgehead atoms. The van der Waals surface area contributed by atoms with Crippen molar-refractivity contribution in [2.24, 2.45) is 0 Å². The maximum Gasteiger partial charge on any atom is 0.257 e. The number of nitrogens with one attached hydrogen (secondary N) is 1. The number of hydrogen-bond acceptors (Lipinski definition) is 3. The van der Waals surface area contributed by atoms with Crippen LogP contribution in [0.3, 0.4) is 0 Å². The van der Waals surface area contributed by atoms with Crippen molar-refractivity contribution in [2.75, 3.05) is 5.32 Å². The van der Waals surface area contributed by atoms with E-state index in [2.05, 4.69) is 24.1 Å². The molecule has 22 heavy (non-hydrogen) atoms. The fraction of sp³-hybridized carbons (Fsp3) is 0.333. The molecule has 0 unspecified atom stereocenters. The van der Waals surface area contributed by atoms with Crippen molar-refractivity contribution >= 4 is 11.6 Å². The lowest BCUT2D eigenvalue weighted by atomic mass is 10.0. The van der Waals surface area contributed by atoms with Crippen molar-refractivity contribution in [3.63, 3.8) is 0 Å². The number of carbonyl (C=O) groups excluding carboxylic acids is 1. The van der Waals surface area contributed by atoms with Crippen LogP contribution < -0.4 is 10.1 Å². The molecule has 2 rings (SSSR count). The average molecular weight is 298 g/mol. The third-order valence-electron chi connectivity index (χ3n) is 3.19. The first kappa shape index (κ1) is 16.0. The maximum absolute atomic E-state index is 12.2. The predicted molar refractivity (Wildman–Crippen MR) is 88.5 cm³/mol. The summed E-state index contributed by atoms with van der Waals surface area (Å²) in [4.78, 5) is 16.3. The summed E-state index contributed by atoms with van der Waals surface area (Å²) in [6.07, 6.45) is 1.59. The van der Waals surface area contributed by atoms with E-state index in [0.717, 1.165) is 5.69 Å². The van der Waals surface area contributed by atoms with Crippen molar-refractivity contribution in [3.8, 4) is 5.88 Å². The second-order valence-corrected chi connectivity index (χ2v) is 5.78. The molecule has 1 aromatic heterocycles. The predicted octanol–water partition coefficient (Wildman–Crippen LogP) is 4.24. The van der Waals surface area contributed by atoms with Gasteiger partial charge in [-0.3, -0.25) is 4.79 Å². The number of carbonyl (C=O) groups is 1. The Morgan fingerprint density at radius 1 is 1.05 bits per heavy atom. The minimum absolute atomic E-state index is 0.0617. The normalized spacial score (nSPS) is 10.8. The van der Waals surface area contributed by atoms with Gasteiger partial charge in [0, 0.05) is 18.0 Å². The smallest absolute Gasteiger partial charge is 0.257 e. The molecule has 0 radical (unpaired) electrons.